The zero-order valence-electron chi connectivity index (χ0n) is 13.6. The van der Waals surface area contributed by atoms with Crippen molar-refractivity contribution in [1.29, 1.82) is 0 Å². The molecule has 24 heavy (non-hydrogen) atoms. The molecular formula is C18H18ClNO4. The predicted octanol–water partition coefficient (Wildman–Crippen LogP) is 3.76. The minimum Gasteiger partial charge on any atom is -0.497 e. The second-order valence-electron chi connectivity index (χ2n) is 4.89. The van der Waals surface area contributed by atoms with Gasteiger partial charge in [0.2, 0.25) is 5.78 Å². The number of anilines is 1. The fraction of sp³-hybridized carbons (Fsp3) is 0.167. The van der Waals surface area contributed by atoms with Gasteiger partial charge in [0.05, 0.1) is 32.0 Å². The fourth-order valence-corrected chi connectivity index (χ4v) is 2.39. The van der Waals surface area contributed by atoms with Gasteiger partial charge >= 0.3 is 0 Å². The number of benzene rings is 2. The van der Waals surface area contributed by atoms with Crippen molar-refractivity contribution in [3.63, 3.8) is 0 Å². The SMILES string of the molecule is COc1ccc(OC)c(/C=C(/Cl)C(=O)c2ccc(OC)c(N)c2)c1. The fourth-order valence-electron chi connectivity index (χ4n) is 2.17. The number of carbonyl (C=O) groups excluding carboxylic acids is 1. The lowest BCUT2D eigenvalue weighted by Gasteiger charge is -2.09. The van der Waals surface area contributed by atoms with Crippen molar-refractivity contribution in [1.82, 2.24) is 0 Å². The molecular weight excluding hydrogens is 330 g/mol. The molecule has 0 aliphatic heterocycles. The van der Waals surface area contributed by atoms with E-state index in [9.17, 15) is 4.79 Å². The van der Waals surface area contributed by atoms with Crippen LogP contribution < -0.4 is 19.9 Å². The first-order chi connectivity index (χ1) is 11.5. The molecule has 0 amide bonds. The number of hydrogen-bond donors (Lipinski definition) is 1. The summed E-state index contributed by atoms with van der Waals surface area (Å²) in [5.41, 5.74) is 7.20. The Morgan fingerprint density at radius 3 is 2.25 bits per heavy atom. The number of carbonyl (C=O) groups is 1. The van der Waals surface area contributed by atoms with Crippen LogP contribution in [-0.4, -0.2) is 27.1 Å². The summed E-state index contributed by atoms with van der Waals surface area (Å²) >= 11 is 6.19. The topological polar surface area (TPSA) is 70.8 Å². The number of halogens is 1. The van der Waals surface area contributed by atoms with E-state index in [0.29, 0.717) is 34.1 Å². The van der Waals surface area contributed by atoms with Crippen LogP contribution in [0.1, 0.15) is 15.9 Å². The van der Waals surface area contributed by atoms with Crippen molar-refractivity contribution in [2.45, 2.75) is 0 Å². The Labute approximate surface area is 145 Å². The Kier molecular flexibility index (Phi) is 5.71. The van der Waals surface area contributed by atoms with Crippen molar-refractivity contribution >= 4 is 29.1 Å². The Bertz CT molecular complexity index is 787. The molecule has 2 rings (SSSR count). The second-order valence-corrected chi connectivity index (χ2v) is 5.29. The monoisotopic (exact) mass is 347 g/mol. The molecule has 0 bridgehead atoms. The molecule has 0 aliphatic rings. The van der Waals surface area contributed by atoms with E-state index in [0.717, 1.165) is 0 Å². The lowest BCUT2D eigenvalue weighted by Crippen LogP contribution is -2.02. The first kappa shape index (κ1) is 17.7. The third-order valence-electron chi connectivity index (χ3n) is 3.43. The van der Waals surface area contributed by atoms with E-state index in [4.69, 9.17) is 31.5 Å². The summed E-state index contributed by atoms with van der Waals surface area (Å²) < 4.78 is 15.5. The van der Waals surface area contributed by atoms with Crippen LogP contribution in [0.2, 0.25) is 0 Å². The summed E-state index contributed by atoms with van der Waals surface area (Å²) in [6, 6.07) is 9.99. The highest BCUT2D eigenvalue weighted by atomic mass is 35.5. The number of hydrogen-bond acceptors (Lipinski definition) is 5. The average Bonchev–Trinajstić information content (AvgIpc) is 2.60. The minimum absolute atomic E-state index is 0.0334. The largest absolute Gasteiger partial charge is 0.497 e. The van der Waals surface area contributed by atoms with Gasteiger partial charge in [-0.15, -0.1) is 0 Å². The van der Waals surface area contributed by atoms with Crippen LogP contribution in [0.5, 0.6) is 17.2 Å². The second kappa shape index (κ2) is 7.75. The molecule has 0 spiro atoms. The maximum atomic E-state index is 12.5. The number of methoxy groups -OCH3 is 3. The van der Waals surface area contributed by atoms with Gasteiger partial charge in [0.1, 0.15) is 17.2 Å². The van der Waals surface area contributed by atoms with Gasteiger partial charge in [-0.05, 0) is 42.5 Å². The van der Waals surface area contributed by atoms with Crippen molar-refractivity contribution in [3.8, 4) is 17.2 Å². The van der Waals surface area contributed by atoms with Gasteiger partial charge in [0.25, 0.3) is 0 Å². The number of Topliss-reactive ketones (excluding diaryl/α,β-unsaturated/α-hetero) is 1. The van der Waals surface area contributed by atoms with Crippen LogP contribution >= 0.6 is 11.6 Å². The smallest absolute Gasteiger partial charge is 0.204 e. The van der Waals surface area contributed by atoms with Crippen molar-refractivity contribution in [2.24, 2.45) is 0 Å². The first-order valence-corrected chi connectivity index (χ1v) is 7.45. The number of rotatable bonds is 6. The molecule has 2 aromatic carbocycles. The van der Waals surface area contributed by atoms with Gasteiger partial charge in [0, 0.05) is 11.1 Å². The molecule has 5 nitrogen and oxygen atoms in total. The molecule has 6 heteroatoms. The van der Waals surface area contributed by atoms with E-state index in [1.54, 1.807) is 44.6 Å². The highest BCUT2D eigenvalue weighted by Gasteiger charge is 2.14. The summed E-state index contributed by atoms with van der Waals surface area (Å²) in [5.74, 6) is 1.36. The van der Waals surface area contributed by atoms with E-state index in [1.165, 1.54) is 19.3 Å². The summed E-state index contributed by atoms with van der Waals surface area (Å²) in [5, 5.41) is 0.0334. The molecule has 126 valence electrons. The Morgan fingerprint density at radius 2 is 1.67 bits per heavy atom. The zero-order valence-corrected chi connectivity index (χ0v) is 14.4. The summed E-state index contributed by atoms with van der Waals surface area (Å²) in [4.78, 5) is 12.5. The lowest BCUT2D eigenvalue weighted by molar-refractivity contribution is 0.104. The molecule has 0 heterocycles. The van der Waals surface area contributed by atoms with E-state index in [-0.39, 0.29) is 10.8 Å². The lowest BCUT2D eigenvalue weighted by atomic mass is 10.1. The van der Waals surface area contributed by atoms with Crippen LogP contribution in [0.25, 0.3) is 6.08 Å². The minimum atomic E-state index is -0.351. The quantitative estimate of drug-likeness (QED) is 0.489. The van der Waals surface area contributed by atoms with Crippen LogP contribution in [-0.2, 0) is 0 Å². The number of nitrogens with two attached hydrogens (primary N) is 1. The van der Waals surface area contributed by atoms with E-state index >= 15 is 0 Å². The van der Waals surface area contributed by atoms with Gasteiger partial charge in [-0.1, -0.05) is 11.6 Å². The molecule has 0 atom stereocenters. The summed E-state index contributed by atoms with van der Waals surface area (Å²) in [7, 11) is 4.61. The molecule has 0 fully saturated rings. The molecule has 2 aromatic rings. The Hall–Kier alpha value is -2.66. The first-order valence-electron chi connectivity index (χ1n) is 7.07. The molecule has 0 unspecified atom stereocenters. The van der Waals surface area contributed by atoms with Gasteiger partial charge in [-0.25, -0.2) is 0 Å². The predicted molar refractivity (Wildman–Crippen MR) is 95.1 cm³/mol. The van der Waals surface area contributed by atoms with E-state index in [1.807, 2.05) is 0 Å². The third kappa shape index (κ3) is 3.81. The van der Waals surface area contributed by atoms with Crippen molar-refractivity contribution in [2.75, 3.05) is 27.1 Å². The standard InChI is InChI=1S/C18H18ClNO4/c1-22-13-5-7-16(23-2)12(8-13)9-14(19)18(21)11-4-6-17(24-3)15(20)10-11/h4-10H,20H2,1-3H3/b14-9+. The molecule has 2 N–H and O–H groups in total. The third-order valence-corrected chi connectivity index (χ3v) is 3.71. The average molecular weight is 348 g/mol. The Morgan fingerprint density at radius 1 is 1.00 bits per heavy atom. The van der Waals surface area contributed by atoms with Crippen molar-refractivity contribution in [3.05, 3.63) is 52.6 Å². The molecule has 0 radical (unpaired) electrons. The van der Waals surface area contributed by atoms with E-state index in [2.05, 4.69) is 0 Å². The van der Waals surface area contributed by atoms with Crippen LogP contribution in [0.15, 0.2) is 41.4 Å². The van der Waals surface area contributed by atoms with Crippen molar-refractivity contribution < 1.29 is 19.0 Å². The summed E-state index contributed by atoms with van der Waals surface area (Å²) in [6.07, 6.45) is 1.53. The van der Waals surface area contributed by atoms with Crippen LogP contribution in [0, 0.1) is 0 Å². The maximum Gasteiger partial charge on any atom is 0.204 e. The number of allylic oxidation sites excluding steroid dienone is 1. The van der Waals surface area contributed by atoms with Gasteiger partial charge in [-0.3, -0.25) is 4.79 Å². The number of ether oxygens (including phenoxy) is 3. The number of ketones is 1. The highest BCUT2D eigenvalue weighted by molar-refractivity contribution is 6.47. The van der Waals surface area contributed by atoms with Gasteiger partial charge in [0.15, 0.2) is 0 Å². The zero-order chi connectivity index (χ0) is 17.7. The Balaban J connectivity index is 2.36. The maximum absolute atomic E-state index is 12.5. The van der Waals surface area contributed by atoms with E-state index < -0.39 is 0 Å². The van der Waals surface area contributed by atoms with Gasteiger partial charge < -0.3 is 19.9 Å². The van der Waals surface area contributed by atoms with Crippen LogP contribution in [0.3, 0.4) is 0 Å². The molecule has 0 saturated heterocycles. The molecule has 0 aliphatic carbocycles. The summed E-state index contributed by atoms with van der Waals surface area (Å²) in [6.45, 7) is 0. The highest BCUT2D eigenvalue weighted by Crippen LogP contribution is 2.29. The van der Waals surface area contributed by atoms with Gasteiger partial charge in [-0.2, -0.15) is 0 Å². The molecule has 0 saturated carbocycles. The number of nitrogen functional groups attached to an aromatic ring is 1. The normalized spacial score (nSPS) is 11.1. The van der Waals surface area contributed by atoms with Crippen LogP contribution in [0.4, 0.5) is 5.69 Å². The molecule has 0 aromatic heterocycles.